The van der Waals surface area contributed by atoms with Crippen LogP contribution in [-0.2, 0) is 21.4 Å². The molecule has 4 rings (SSSR count). The van der Waals surface area contributed by atoms with Gasteiger partial charge in [0.2, 0.25) is 5.91 Å². The Bertz CT molecular complexity index is 1460. The first-order chi connectivity index (χ1) is 17.6. The van der Waals surface area contributed by atoms with Crippen molar-refractivity contribution in [2.45, 2.75) is 50.4 Å². The van der Waals surface area contributed by atoms with Gasteiger partial charge in [-0.1, -0.05) is 25.1 Å². The van der Waals surface area contributed by atoms with E-state index in [-0.39, 0.29) is 17.9 Å². The van der Waals surface area contributed by atoms with Crippen molar-refractivity contribution >= 4 is 55.2 Å². The molecule has 0 saturated carbocycles. The highest BCUT2D eigenvalue weighted by Crippen LogP contribution is 2.36. The summed E-state index contributed by atoms with van der Waals surface area (Å²) in [5, 5.41) is 3.53. The summed E-state index contributed by atoms with van der Waals surface area (Å²) < 4.78 is 28.8. The smallest absolute Gasteiger partial charge is 0.274 e. The zero-order chi connectivity index (χ0) is 26.7. The number of amides is 1. The van der Waals surface area contributed by atoms with Gasteiger partial charge in [-0.3, -0.25) is 9.10 Å². The summed E-state index contributed by atoms with van der Waals surface area (Å²) in [5.41, 5.74) is 7.70. The Kier molecular flexibility index (Phi) is 8.37. The maximum Gasteiger partial charge on any atom is 0.274 e. The number of fused-ring (bicyclic) bond motifs is 1. The molecule has 3 aromatic heterocycles. The number of carbonyl (C=O) groups is 1. The number of nitrogens with two attached hydrogens (primary N) is 1. The second kappa shape index (κ2) is 11.3. The normalized spacial score (nSPS) is 13.0. The van der Waals surface area contributed by atoms with Gasteiger partial charge in [-0.2, -0.15) is 0 Å². The predicted molar refractivity (Wildman–Crippen MR) is 152 cm³/mol. The fourth-order valence-electron chi connectivity index (χ4n) is 4.41. The largest absolute Gasteiger partial charge is 0.369 e. The lowest BCUT2D eigenvalue weighted by molar-refractivity contribution is -0.122. The van der Waals surface area contributed by atoms with Gasteiger partial charge in [-0.25, -0.2) is 13.4 Å². The van der Waals surface area contributed by atoms with Crippen molar-refractivity contribution in [2.75, 3.05) is 17.9 Å². The van der Waals surface area contributed by atoms with Gasteiger partial charge < -0.3 is 15.6 Å². The summed E-state index contributed by atoms with van der Waals surface area (Å²) in [4.78, 5) is 22.9. The van der Waals surface area contributed by atoms with Gasteiger partial charge in [-0.15, -0.1) is 22.7 Å². The van der Waals surface area contributed by atoms with Crippen molar-refractivity contribution in [3.05, 3.63) is 52.9 Å². The summed E-state index contributed by atoms with van der Waals surface area (Å²) in [5.74, 6) is -0.345. The Morgan fingerprint density at radius 2 is 2.00 bits per heavy atom. The minimum absolute atomic E-state index is 0.103. The number of thiophene rings is 1. The number of nitrogens with zero attached hydrogens (tertiary/aromatic N) is 3. The lowest BCUT2D eigenvalue weighted by atomic mass is 10.0. The highest BCUT2D eigenvalue weighted by atomic mass is 32.2. The number of primary amides is 1. The summed E-state index contributed by atoms with van der Waals surface area (Å²) >= 11 is 2.81. The van der Waals surface area contributed by atoms with E-state index in [4.69, 9.17) is 5.73 Å². The number of carbonyl (C=O) groups excluding carboxylic acids is 1. The minimum atomic E-state index is -3.70. The number of hydrogen-bond donors (Lipinski definition) is 2. The van der Waals surface area contributed by atoms with E-state index < -0.39 is 10.0 Å². The molecule has 0 saturated heterocycles. The fourth-order valence-corrected chi connectivity index (χ4v) is 8.12. The monoisotopic (exact) mass is 559 g/mol. The van der Waals surface area contributed by atoms with Gasteiger partial charge in [-0.05, 0) is 63.9 Å². The van der Waals surface area contributed by atoms with Crippen molar-refractivity contribution in [2.24, 2.45) is 11.7 Å². The maximum absolute atomic E-state index is 13.5. The van der Waals surface area contributed by atoms with Gasteiger partial charge in [0, 0.05) is 35.0 Å². The number of H-pyrrole nitrogens is 1. The number of anilines is 1. The van der Waals surface area contributed by atoms with Crippen LogP contribution in [0, 0.1) is 5.92 Å². The Morgan fingerprint density at radius 1 is 1.22 bits per heavy atom. The van der Waals surface area contributed by atoms with Crippen molar-refractivity contribution in [1.29, 1.82) is 0 Å². The molecule has 1 amide bonds. The molecule has 3 heterocycles. The molecule has 0 radical (unpaired) electrons. The maximum atomic E-state index is 13.5. The Hall–Kier alpha value is -2.73. The number of hydrogen-bond acceptors (Lipinski definition) is 7. The van der Waals surface area contributed by atoms with E-state index >= 15 is 0 Å². The molecular weight excluding hydrogens is 527 g/mol. The van der Waals surface area contributed by atoms with Crippen molar-refractivity contribution < 1.29 is 13.2 Å². The molecule has 11 heteroatoms. The zero-order valence-corrected chi connectivity index (χ0v) is 23.9. The molecule has 8 nitrogen and oxygen atoms in total. The number of thiazole rings is 1. The molecular formula is C26H33N5O3S3. The topological polar surface area (TPSA) is 112 Å². The first-order valence-corrected chi connectivity index (χ1v) is 15.4. The Morgan fingerprint density at radius 3 is 2.65 bits per heavy atom. The zero-order valence-electron chi connectivity index (χ0n) is 21.5. The third-order valence-electron chi connectivity index (χ3n) is 6.31. The van der Waals surface area contributed by atoms with Gasteiger partial charge in [0.25, 0.3) is 10.0 Å². The number of sulfonamides is 1. The predicted octanol–water partition coefficient (Wildman–Crippen LogP) is 5.29. The van der Waals surface area contributed by atoms with Gasteiger partial charge >= 0.3 is 0 Å². The van der Waals surface area contributed by atoms with Gasteiger partial charge in [0.05, 0.1) is 16.9 Å². The van der Waals surface area contributed by atoms with Crippen LogP contribution in [0.5, 0.6) is 0 Å². The van der Waals surface area contributed by atoms with Crippen LogP contribution in [-0.4, -0.2) is 48.8 Å². The molecule has 0 fully saturated rings. The van der Waals surface area contributed by atoms with Crippen LogP contribution in [0.2, 0.25) is 0 Å². The Labute approximate surface area is 226 Å². The SMILES string of the molecule is CCC(CCN(C)Cc1cnc(-c2cc3cccc(N(C(C)C)S(=O)(=O)c4cccs4)c3[nH]2)s1)C(N)=O. The number of aromatic amines is 1. The number of nitrogens with one attached hydrogen (secondary N) is 1. The second-order valence-corrected chi connectivity index (χ2v) is 13.5. The molecule has 0 bridgehead atoms. The molecule has 1 atom stereocenters. The van der Waals surface area contributed by atoms with Crippen molar-refractivity contribution in [3.8, 4) is 10.7 Å². The van der Waals surface area contributed by atoms with Crippen LogP contribution in [0.3, 0.4) is 0 Å². The molecule has 0 aliphatic carbocycles. The van der Waals surface area contributed by atoms with Crippen LogP contribution in [0.25, 0.3) is 21.6 Å². The number of aromatic nitrogens is 2. The van der Waals surface area contributed by atoms with Crippen LogP contribution >= 0.6 is 22.7 Å². The van der Waals surface area contributed by atoms with E-state index in [0.717, 1.165) is 52.4 Å². The van der Waals surface area contributed by atoms with Crippen molar-refractivity contribution in [1.82, 2.24) is 14.9 Å². The van der Waals surface area contributed by atoms with Crippen LogP contribution in [0.15, 0.2) is 52.2 Å². The minimum Gasteiger partial charge on any atom is -0.369 e. The third kappa shape index (κ3) is 5.90. The van der Waals surface area contributed by atoms with E-state index in [1.807, 2.05) is 58.3 Å². The second-order valence-electron chi connectivity index (χ2n) is 9.42. The van der Waals surface area contributed by atoms with E-state index in [0.29, 0.717) is 9.90 Å². The van der Waals surface area contributed by atoms with E-state index in [2.05, 4.69) is 14.9 Å². The van der Waals surface area contributed by atoms with E-state index in [1.54, 1.807) is 28.8 Å². The van der Waals surface area contributed by atoms with E-state index in [9.17, 15) is 13.2 Å². The molecule has 4 aromatic rings. The van der Waals surface area contributed by atoms with Crippen LogP contribution in [0.1, 0.15) is 38.5 Å². The average Bonchev–Trinajstić information content (AvgIpc) is 3.59. The summed E-state index contributed by atoms with van der Waals surface area (Å²) in [7, 11) is -1.68. The van der Waals surface area contributed by atoms with Crippen LogP contribution < -0.4 is 10.0 Å². The molecule has 1 aromatic carbocycles. The molecule has 0 aliphatic rings. The van der Waals surface area contributed by atoms with Crippen molar-refractivity contribution in [3.63, 3.8) is 0 Å². The highest BCUT2D eigenvalue weighted by molar-refractivity contribution is 7.94. The molecule has 0 spiro atoms. The van der Waals surface area contributed by atoms with E-state index in [1.165, 1.54) is 15.6 Å². The number of rotatable bonds is 12. The first-order valence-electron chi connectivity index (χ1n) is 12.2. The Balaban J connectivity index is 1.58. The fraction of sp³-hybridized carbons (Fsp3) is 0.385. The summed E-state index contributed by atoms with van der Waals surface area (Å²) in [6.45, 7) is 7.23. The standard InChI is InChI=1S/C26H33N5O3S3/c1-5-18(25(27)32)11-12-30(4)16-20-15-28-26(36-20)21-14-19-8-6-9-22(24(19)29-21)31(17(2)3)37(33,34)23-10-7-13-35-23/h6-10,13-15,17-18,29H,5,11-12,16H2,1-4H3,(H2,27,32). The highest BCUT2D eigenvalue weighted by Gasteiger charge is 2.30. The molecule has 1 unspecified atom stereocenters. The lowest BCUT2D eigenvalue weighted by Crippen LogP contribution is -2.36. The van der Waals surface area contributed by atoms with Gasteiger partial charge in [0.15, 0.2) is 0 Å². The number of benzene rings is 1. The molecule has 0 aliphatic heterocycles. The summed E-state index contributed by atoms with van der Waals surface area (Å²) in [6, 6.07) is 10.8. The van der Waals surface area contributed by atoms with Gasteiger partial charge in [0.1, 0.15) is 9.22 Å². The third-order valence-corrected chi connectivity index (χ3v) is 10.7. The lowest BCUT2D eigenvalue weighted by Gasteiger charge is -2.28. The number of para-hydroxylation sites is 1. The molecule has 198 valence electrons. The molecule has 37 heavy (non-hydrogen) atoms. The molecule has 3 N–H and O–H groups in total. The average molecular weight is 560 g/mol. The summed E-state index contributed by atoms with van der Waals surface area (Å²) in [6.07, 6.45) is 3.36. The first kappa shape index (κ1) is 27.3. The quantitative estimate of drug-likeness (QED) is 0.245. The van der Waals surface area contributed by atoms with Crippen LogP contribution in [0.4, 0.5) is 5.69 Å².